The molecule has 4 heteroatoms. The lowest BCUT2D eigenvalue weighted by Gasteiger charge is -2.33. The predicted octanol–water partition coefficient (Wildman–Crippen LogP) is 2.85. The highest BCUT2D eigenvalue weighted by Crippen LogP contribution is 2.28. The molecule has 0 aromatic heterocycles. The summed E-state index contributed by atoms with van der Waals surface area (Å²) in [7, 11) is 0. The van der Waals surface area contributed by atoms with Gasteiger partial charge in [0.05, 0.1) is 0 Å². The van der Waals surface area contributed by atoms with Gasteiger partial charge in [0.25, 0.3) is 0 Å². The van der Waals surface area contributed by atoms with Crippen LogP contribution in [0.3, 0.4) is 0 Å². The van der Waals surface area contributed by atoms with Crippen LogP contribution in [-0.4, -0.2) is 29.4 Å². The van der Waals surface area contributed by atoms with Gasteiger partial charge in [0.15, 0.2) is 0 Å². The molecule has 1 aliphatic carbocycles. The van der Waals surface area contributed by atoms with Crippen molar-refractivity contribution in [1.29, 1.82) is 0 Å². The van der Waals surface area contributed by atoms with Crippen LogP contribution in [0.4, 0.5) is 0 Å². The van der Waals surface area contributed by atoms with Crippen molar-refractivity contribution < 1.29 is 4.79 Å². The summed E-state index contributed by atoms with van der Waals surface area (Å²) < 4.78 is 0. The molecule has 1 amide bonds. The van der Waals surface area contributed by atoms with Gasteiger partial charge in [0, 0.05) is 19.1 Å². The molecule has 2 N–H and O–H groups in total. The third kappa shape index (κ3) is 4.33. The zero-order valence-corrected chi connectivity index (χ0v) is 14.1. The second kappa shape index (κ2) is 7.93. The molecule has 0 bridgehead atoms. The van der Waals surface area contributed by atoms with Gasteiger partial charge in [-0.25, -0.2) is 5.43 Å². The first kappa shape index (κ1) is 16.5. The Hall–Kier alpha value is -1.39. The Morgan fingerprint density at radius 3 is 2.65 bits per heavy atom. The molecule has 1 aromatic rings. The largest absolute Gasteiger partial charge is 0.337 e. The first-order valence-corrected chi connectivity index (χ1v) is 9.10. The lowest BCUT2D eigenvalue weighted by atomic mass is 9.85. The highest BCUT2D eigenvalue weighted by molar-refractivity contribution is 5.82. The van der Waals surface area contributed by atoms with Crippen LogP contribution in [0.15, 0.2) is 30.3 Å². The molecule has 0 radical (unpaired) electrons. The molecule has 23 heavy (non-hydrogen) atoms. The highest BCUT2D eigenvalue weighted by Gasteiger charge is 2.33. The number of hydrogen-bond acceptors (Lipinski definition) is 3. The van der Waals surface area contributed by atoms with Gasteiger partial charge >= 0.3 is 0 Å². The SMILES string of the molecule is CCCC1CC(C(=O)N(Cc2ccccc2)CC2CCC2)NN1. The van der Waals surface area contributed by atoms with E-state index < -0.39 is 0 Å². The summed E-state index contributed by atoms with van der Waals surface area (Å²) in [6.07, 6.45) is 7.04. The summed E-state index contributed by atoms with van der Waals surface area (Å²) in [5, 5.41) is 0. The van der Waals surface area contributed by atoms with Crippen molar-refractivity contribution in [3.05, 3.63) is 35.9 Å². The van der Waals surface area contributed by atoms with E-state index in [1.165, 1.54) is 24.8 Å². The monoisotopic (exact) mass is 315 g/mol. The van der Waals surface area contributed by atoms with Crippen LogP contribution < -0.4 is 10.9 Å². The lowest BCUT2D eigenvalue weighted by molar-refractivity contribution is -0.135. The average molecular weight is 315 g/mol. The van der Waals surface area contributed by atoms with Crippen LogP contribution in [0, 0.1) is 5.92 Å². The smallest absolute Gasteiger partial charge is 0.241 e. The summed E-state index contributed by atoms with van der Waals surface area (Å²) in [4.78, 5) is 15.1. The molecule has 1 aromatic carbocycles. The molecule has 1 saturated heterocycles. The summed E-state index contributed by atoms with van der Waals surface area (Å²) in [5.74, 6) is 0.954. The van der Waals surface area contributed by atoms with Crippen LogP contribution >= 0.6 is 0 Å². The maximum Gasteiger partial charge on any atom is 0.241 e. The number of carbonyl (C=O) groups is 1. The molecular weight excluding hydrogens is 286 g/mol. The molecular formula is C19H29N3O. The van der Waals surface area contributed by atoms with Gasteiger partial charge in [-0.1, -0.05) is 50.1 Å². The molecule has 3 rings (SSSR count). The normalized spacial score (nSPS) is 24.4. The van der Waals surface area contributed by atoms with Gasteiger partial charge in [-0.3, -0.25) is 10.2 Å². The van der Waals surface area contributed by atoms with Crippen molar-refractivity contribution in [1.82, 2.24) is 15.8 Å². The second-order valence-electron chi connectivity index (χ2n) is 7.06. The number of amides is 1. The third-order valence-corrected chi connectivity index (χ3v) is 5.15. The Labute approximate surface area is 139 Å². The summed E-state index contributed by atoms with van der Waals surface area (Å²) in [6, 6.07) is 10.7. The first-order valence-electron chi connectivity index (χ1n) is 9.10. The molecule has 2 aliphatic rings. The van der Waals surface area contributed by atoms with Crippen LogP contribution in [-0.2, 0) is 11.3 Å². The molecule has 126 valence electrons. The minimum atomic E-state index is -0.0738. The zero-order valence-electron chi connectivity index (χ0n) is 14.1. The number of hydrazine groups is 1. The van der Waals surface area contributed by atoms with Gasteiger partial charge in [0.1, 0.15) is 6.04 Å². The number of nitrogens with one attached hydrogen (secondary N) is 2. The molecule has 1 heterocycles. The molecule has 4 nitrogen and oxygen atoms in total. The van der Waals surface area contributed by atoms with Gasteiger partial charge in [-0.2, -0.15) is 0 Å². The van der Waals surface area contributed by atoms with Crippen molar-refractivity contribution in [3.8, 4) is 0 Å². The molecule has 0 spiro atoms. The lowest BCUT2D eigenvalue weighted by Crippen LogP contribution is -2.47. The van der Waals surface area contributed by atoms with E-state index >= 15 is 0 Å². The van der Waals surface area contributed by atoms with Gasteiger partial charge in [-0.05, 0) is 37.2 Å². The van der Waals surface area contributed by atoms with Gasteiger partial charge < -0.3 is 4.90 Å². The van der Waals surface area contributed by atoms with Crippen molar-refractivity contribution in [3.63, 3.8) is 0 Å². The number of benzene rings is 1. The molecule has 2 fully saturated rings. The van der Waals surface area contributed by atoms with E-state index in [-0.39, 0.29) is 11.9 Å². The predicted molar refractivity (Wildman–Crippen MR) is 92.6 cm³/mol. The van der Waals surface area contributed by atoms with Crippen LogP contribution in [0.2, 0.25) is 0 Å². The van der Waals surface area contributed by atoms with E-state index in [0.717, 1.165) is 32.4 Å². The quantitative estimate of drug-likeness (QED) is 0.813. The standard InChI is InChI=1S/C19H29N3O/c1-2-7-17-12-18(21-20-17)19(23)22(14-16-10-6-11-16)13-15-8-4-3-5-9-15/h3-5,8-9,16-18,20-21H,2,6-7,10-14H2,1H3. The van der Waals surface area contributed by atoms with E-state index in [4.69, 9.17) is 0 Å². The molecule has 1 saturated carbocycles. The number of nitrogens with zero attached hydrogens (tertiary/aromatic N) is 1. The highest BCUT2D eigenvalue weighted by atomic mass is 16.2. The van der Waals surface area contributed by atoms with E-state index in [1.807, 2.05) is 18.2 Å². The number of carbonyl (C=O) groups excluding carboxylic acids is 1. The maximum atomic E-state index is 13.0. The average Bonchev–Trinajstić information content (AvgIpc) is 2.99. The van der Waals surface area contributed by atoms with Crippen molar-refractivity contribution in [2.45, 2.75) is 64.1 Å². The molecule has 1 aliphatic heterocycles. The van der Waals surface area contributed by atoms with Crippen LogP contribution in [0.25, 0.3) is 0 Å². The summed E-state index contributed by atoms with van der Waals surface area (Å²) >= 11 is 0. The molecule has 2 unspecified atom stereocenters. The topological polar surface area (TPSA) is 44.4 Å². The second-order valence-corrected chi connectivity index (χ2v) is 7.06. The third-order valence-electron chi connectivity index (χ3n) is 5.15. The van der Waals surface area contributed by atoms with Gasteiger partial charge in [-0.15, -0.1) is 0 Å². The molecule has 2 atom stereocenters. The Balaban J connectivity index is 1.63. The maximum absolute atomic E-state index is 13.0. The van der Waals surface area contributed by atoms with Crippen LogP contribution in [0.1, 0.15) is 51.0 Å². The summed E-state index contributed by atoms with van der Waals surface area (Å²) in [6.45, 7) is 3.83. The van der Waals surface area contributed by atoms with Crippen molar-refractivity contribution in [2.75, 3.05) is 6.54 Å². The van der Waals surface area contributed by atoms with Crippen molar-refractivity contribution in [2.24, 2.45) is 5.92 Å². The minimum Gasteiger partial charge on any atom is -0.337 e. The number of rotatable bonds is 7. The summed E-state index contributed by atoms with van der Waals surface area (Å²) in [5.41, 5.74) is 7.74. The first-order chi connectivity index (χ1) is 11.3. The van der Waals surface area contributed by atoms with E-state index in [9.17, 15) is 4.79 Å². The van der Waals surface area contributed by atoms with E-state index in [2.05, 4.69) is 34.8 Å². The fourth-order valence-electron chi connectivity index (χ4n) is 3.57. The van der Waals surface area contributed by atoms with Gasteiger partial charge in [0.2, 0.25) is 5.91 Å². The number of hydrogen-bond donors (Lipinski definition) is 2. The fourth-order valence-corrected chi connectivity index (χ4v) is 3.57. The van der Waals surface area contributed by atoms with Crippen LogP contribution in [0.5, 0.6) is 0 Å². The zero-order chi connectivity index (χ0) is 16.1. The Bertz CT molecular complexity index is 501. The fraction of sp³-hybridized carbons (Fsp3) is 0.632. The Kier molecular flexibility index (Phi) is 5.68. The van der Waals surface area contributed by atoms with Crippen molar-refractivity contribution >= 4 is 5.91 Å². The van der Waals surface area contributed by atoms with E-state index in [0.29, 0.717) is 12.0 Å². The van der Waals surface area contributed by atoms with E-state index in [1.54, 1.807) is 0 Å². The minimum absolute atomic E-state index is 0.0738. The Morgan fingerprint density at radius 1 is 1.22 bits per heavy atom. The Morgan fingerprint density at radius 2 is 2.00 bits per heavy atom.